The van der Waals surface area contributed by atoms with E-state index >= 15 is 0 Å². The standard InChI is InChI=1S/C21H17ClO3/c1-15-2-10-19(11-3-15)24-14-16-4-6-17(7-5-16)21(23)25-20-12-8-18(22)9-13-20/h2-13H,14H2,1H3. The minimum absolute atomic E-state index is 0.409. The number of hydrogen-bond donors (Lipinski definition) is 0. The summed E-state index contributed by atoms with van der Waals surface area (Å²) in [7, 11) is 0. The normalized spacial score (nSPS) is 10.3. The molecule has 126 valence electrons. The van der Waals surface area contributed by atoms with Gasteiger partial charge in [0.2, 0.25) is 0 Å². The highest BCUT2D eigenvalue weighted by Gasteiger charge is 2.08. The van der Waals surface area contributed by atoms with Crippen molar-refractivity contribution in [2.75, 3.05) is 0 Å². The molecule has 0 saturated heterocycles. The number of carbonyl (C=O) groups excluding carboxylic acids is 1. The van der Waals surface area contributed by atoms with Crippen LogP contribution in [0.15, 0.2) is 72.8 Å². The first-order valence-electron chi connectivity index (χ1n) is 7.86. The molecule has 25 heavy (non-hydrogen) atoms. The Bertz CT molecular complexity index is 838. The topological polar surface area (TPSA) is 35.5 Å². The molecular weight excluding hydrogens is 336 g/mol. The number of esters is 1. The lowest BCUT2D eigenvalue weighted by Gasteiger charge is -2.08. The first kappa shape index (κ1) is 17.1. The fourth-order valence-electron chi connectivity index (χ4n) is 2.21. The zero-order valence-electron chi connectivity index (χ0n) is 13.7. The van der Waals surface area contributed by atoms with Gasteiger partial charge in [0, 0.05) is 5.02 Å². The van der Waals surface area contributed by atoms with Gasteiger partial charge in [0.05, 0.1) is 5.56 Å². The molecule has 3 aromatic carbocycles. The Morgan fingerprint density at radius 1 is 0.840 bits per heavy atom. The van der Waals surface area contributed by atoms with Gasteiger partial charge in [-0.2, -0.15) is 0 Å². The molecule has 0 spiro atoms. The van der Waals surface area contributed by atoms with Crippen LogP contribution in [0.4, 0.5) is 0 Å². The fourth-order valence-corrected chi connectivity index (χ4v) is 2.33. The monoisotopic (exact) mass is 352 g/mol. The zero-order chi connectivity index (χ0) is 17.6. The highest BCUT2D eigenvalue weighted by Crippen LogP contribution is 2.18. The van der Waals surface area contributed by atoms with Crippen LogP contribution in [0.25, 0.3) is 0 Å². The van der Waals surface area contributed by atoms with Crippen LogP contribution in [-0.2, 0) is 6.61 Å². The van der Waals surface area contributed by atoms with Gasteiger partial charge in [0.1, 0.15) is 18.1 Å². The highest BCUT2D eigenvalue weighted by atomic mass is 35.5. The van der Waals surface area contributed by atoms with Gasteiger partial charge in [0.15, 0.2) is 0 Å². The second-order valence-corrected chi connectivity index (χ2v) is 6.08. The van der Waals surface area contributed by atoms with Gasteiger partial charge in [-0.25, -0.2) is 4.79 Å². The van der Waals surface area contributed by atoms with Gasteiger partial charge >= 0.3 is 5.97 Å². The number of hydrogen-bond acceptors (Lipinski definition) is 3. The summed E-state index contributed by atoms with van der Waals surface area (Å²) >= 11 is 5.81. The summed E-state index contributed by atoms with van der Waals surface area (Å²) in [4.78, 5) is 12.1. The Morgan fingerprint density at radius 3 is 2.08 bits per heavy atom. The maximum atomic E-state index is 12.1. The quantitative estimate of drug-likeness (QED) is 0.452. The number of benzene rings is 3. The number of rotatable bonds is 5. The SMILES string of the molecule is Cc1ccc(OCc2ccc(C(=O)Oc3ccc(Cl)cc3)cc2)cc1. The van der Waals surface area contributed by atoms with Crippen LogP contribution in [0.3, 0.4) is 0 Å². The molecule has 0 bridgehead atoms. The maximum Gasteiger partial charge on any atom is 0.343 e. The Morgan fingerprint density at radius 2 is 1.44 bits per heavy atom. The summed E-state index contributed by atoms with van der Waals surface area (Å²) < 4.78 is 11.0. The predicted molar refractivity (Wildman–Crippen MR) is 98.4 cm³/mol. The molecule has 0 atom stereocenters. The van der Waals surface area contributed by atoms with Gasteiger partial charge < -0.3 is 9.47 Å². The van der Waals surface area contributed by atoms with Crippen LogP contribution in [-0.4, -0.2) is 5.97 Å². The average Bonchev–Trinajstić information content (AvgIpc) is 2.63. The van der Waals surface area contributed by atoms with Gasteiger partial charge in [-0.05, 0) is 61.0 Å². The maximum absolute atomic E-state index is 12.1. The average molecular weight is 353 g/mol. The van der Waals surface area contributed by atoms with Crippen LogP contribution >= 0.6 is 11.6 Å². The molecule has 4 heteroatoms. The largest absolute Gasteiger partial charge is 0.489 e. The minimum Gasteiger partial charge on any atom is -0.489 e. The minimum atomic E-state index is -0.409. The molecular formula is C21H17ClO3. The van der Waals surface area contributed by atoms with Crippen LogP contribution in [0.5, 0.6) is 11.5 Å². The Kier molecular flexibility index (Phi) is 5.36. The van der Waals surface area contributed by atoms with E-state index in [1.54, 1.807) is 36.4 Å². The van der Waals surface area contributed by atoms with E-state index in [-0.39, 0.29) is 0 Å². The van der Waals surface area contributed by atoms with E-state index < -0.39 is 5.97 Å². The molecule has 0 aromatic heterocycles. The van der Waals surface area contributed by atoms with Crippen molar-refractivity contribution in [2.24, 2.45) is 0 Å². The van der Waals surface area contributed by atoms with Crippen LogP contribution in [0.1, 0.15) is 21.5 Å². The molecule has 0 heterocycles. The first-order valence-corrected chi connectivity index (χ1v) is 8.24. The van der Waals surface area contributed by atoms with Crippen molar-refractivity contribution in [1.29, 1.82) is 0 Å². The van der Waals surface area contributed by atoms with Gasteiger partial charge in [-0.3, -0.25) is 0 Å². The van der Waals surface area contributed by atoms with Crippen molar-refractivity contribution in [3.63, 3.8) is 0 Å². The van der Waals surface area contributed by atoms with Crippen molar-refractivity contribution in [1.82, 2.24) is 0 Å². The molecule has 0 N–H and O–H groups in total. The molecule has 3 aromatic rings. The number of carbonyl (C=O) groups is 1. The lowest BCUT2D eigenvalue weighted by atomic mass is 10.1. The van der Waals surface area contributed by atoms with Crippen molar-refractivity contribution in [3.05, 3.63) is 94.5 Å². The first-order chi connectivity index (χ1) is 12.1. The third-order valence-corrected chi connectivity index (χ3v) is 3.89. The van der Waals surface area contributed by atoms with Gasteiger partial charge in [-0.15, -0.1) is 0 Å². The van der Waals surface area contributed by atoms with E-state index in [1.807, 2.05) is 43.3 Å². The van der Waals surface area contributed by atoms with E-state index in [1.165, 1.54) is 5.56 Å². The summed E-state index contributed by atoms with van der Waals surface area (Å²) in [5.41, 5.74) is 2.65. The third kappa shape index (κ3) is 4.85. The molecule has 3 nitrogen and oxygen atoms in total. The Balaban J connectivity index is 1.58. The summed E-state index contributed by atoms with van der Waals surface area (Å²) in [6.45, 7) is 2.47. The summed E-state index contributed by atoms with van der Waals surface area (Å²) in [6, 6.07) is 21.7. The lowest BCUT2D eigenvalue weighted by molar-refractivity contribution is 0.0734. The van der Waals surface area contributed by atoms with Gasteiger partial charge in [-0.1, -0.05) is 41.4 Å². The van der Waals surface area contributed by atoms with Gasteiger partial charge in [0.25, 0.3) is 0 Å². The molecule has 0 saturated carbocycles. The summed E-state index contributed by atoms with van der Waals surface area (Å²) in [6.07, 6.45) is 0. The number of halogens is 1. The van der Waals surface area contributed by atoms with Crippen LogP contribution < -0.4 is 9.47 Å². The van der Waals surface area contributed by atoms with Crippen LogP contribution in [0, 0.1) is 6.92 Å². The number of aryl methyl sites for hydroxylation is 1. The molecule has 0 aliphatic carbocycles. The summed E-state index contributed by atoms with van der Waals surface area (Å²) in [5, 5.41) is 0.595. The molecule has 0 aliphatic heterocycles. The molecule has 0 radical (unpaired) electrons. The summed E-state index contributed by atoms with van der Waals surface area (Å²) in [5.74, 6) is 0.867. The van der Waals surface area contributed by atoms with E-state index in [0.717, 1.165) is 11.3 Å². The lowest BCUT2D eigenvalue weighted by Crippen LogP contribution is -2.08. The molecule has 3 rings (SSSR count). The predicted octanol–water partition coefficient (Wildman–Crippen LogP) is 5.45. The number of ether oxygens (including phenoxy) is 2. The molecule has 0 unspecified atom stereocenters. The van der Waals surface area contributed by atoms with Crippen molar-refractivity contribution >= 4 is 17.6 Å². The molecule has 0 aliphatic rings. The van der Waals surface area contributed by atoms with E-state index in [9.17, 15) is 4.79 Å². The van der Waals surface area contributed by atoms with Crippen molar-refractivity contribution in [2.45, 2.75) is 13.5 Å². The second kappa shape index (κ2) is 7.86. The second-order valence-electron chi connectivity index (χ2n) is 5.64. The van der Waals surface area contributed by atoms with Crippen LogP contribution in [0.2, 0.25) is 5.02 Å². The Labute approximate surface area is 151 Å². The van der Waals surface area contributed by atoms with E-state index in [0.29, 0.717) is 22.9 Å². The van der Waals surface area contributed by atoms with E-state index in [2.05, 4.69) is 0 Å². The molecule has 0 amide bonds. The highest BCUT2D eigenvalue weighted by molar-refractivity contribution is 6.30. The Hall–Kier alpha value is -2.78. The zero-order valence-corrected chi connectivity index (χ0v) is 14.5. The molecule has 0 fully saturated rings. The fraction of sp³-hybridized carbons (Fsp3) is 0.0952. The van der Waals surface area contributed by atoms with Crippen molar-refractivity contribution < 1.29 is 14.3 Å². The van der Waals surface area contributed by atoms with Crippen molar-refractivity contribution in [3.8, 4) is 11.5 Å². The third-order valence-electron chi connectivity index (χ3n) is 3.64. The van der Waals surface area contributed by atoms with E-state index in [4.69, 9.17) is 21.1 Å². The smallest absolute Gasteiger partial charge is 0.343 e.